The van der Waals surface area contributed by atoms with E-state index in [1.54, 1.807) is 24.4 Å². The van der Waals surface area contributed by atoms with Crippen molar-refractivity contribution in [2.24, 2.45) is 5.41 Å². The van der Waals surface area contributed by atoms with Crippen LogP contribution in [0.15, 0.2) is 30.5 Å². The standard InChI is InChI=1S/C18H22FN3O3S2/c1-18(7-9-22(10-8-18)27(2,24)25)16(23)21-17-20-12-14(26-17)11-13-5-3-4-6-15(13)19/h3-6,12H,7-11H2,1-2H3,(H,20,21,23). The predicted molar refractivity (Wildman–Crippen MR) is 104 cm³/mol. The maximum Gasteiger partial charge on any atom is 0.232 e. The molecular weight excluding hydrogens is 389 g/mol. The lowest BCUT2D eigenvalue weighted by Crippen LogP contribution is -2.46. The summed E-state index contributed by atoms with van der Waals surface area (Å²) in [5.74, 6) is -0.427. The third-order valence-electron chi connectivity index (χ3n) is 4.94. The van der Waals surface area contributed by atoms with Crippen molar-refractivity contribution >= 4 is 32.4 Å². The van der Waals surface area contributed by atoms with Crippen molar-refractivity contribution in [2.45, 2.75) is 26.2 Å². The number of carbonyl (C=O) groups is 1. The fourth-order valence-corrected chi connectivity index (χ4v) is 4.74. The summed E-state index contributed by atoms with van der Waals surface area (Å²) in [6, 6.07) is 6.57. The number of nitrogens with one attached hydrogen (secondary N) is 1. The van der Waals surface area contributed by atoms with E-state index in [2.05, 4.69) is 10.3 Å². The lowest BCUT2D eigenvalue weighted by molar-refractivity contribution is -0.126. The van der Waals surface area contributed by atoms with Gasteiger partial charge >= 0.3 is 0 Å². The van der Waals surface area contributed by atoms with Gasteiger partial charge in [0.25, 0.3) is 0 Å². The molecule has 1 aromatic carbocycles. The monoisotopic (exact) mass is 411 g/mol. The zero-order chi connectivity index (χ0) is 19.7. The molecular formula is C18H22FN3O3S2. The Labute approximate surface area is 162 Å². The lowest BCUT2D eigenvalue weighted by atomic mass is 9.80. The second kappa shape index (κ2) is 7.65. The van der Waals surface area contributed by atoms with Crippen molar-refractivity contribution in [1.82, 2.24) is 9.29 Å². The van der Waals surface area contributed by atoms with E-state index in [4.69, 9.17) is 0 Å². The number of hydrogen-bond acceptors (Lipinski definition) is 5. The van der Waals surface area contributed by atoms with Gasteiger partial charge in [0.05, 0.1) is 6.26 Å². The number of piperidine rings is 1. The van der Waals surface area contributed by atoms with Crippen molar-refractivity contribution < 1.29 is 17.6 Å². The highest BCUT2D eigenvalue weighted by molar-refractivity contribution is 7.88. The molecule has 146 valence electrons. The molecule has 2 heterocycles. The van der Waals surface area contributed by atoms with Crippen LogP contribution in [0.25, 0.3) is 0 Å². The van der Waals surface area contributed by atoms with Crippen molar-refractivity contribution in [1.29, 1.82) is 0 Å². The normalized spacial score (nSPS) is 17.6. The van der Waals surface area contributed by atoms with Crippen molar-refractivity contribution in [3.63, 3.8) is 0 Å². The van der Waals surface area contributed by atoms with Gasteiger partial charge in [0.15, 0.2) is 5.13 Å². The summed E-state index contributed by atoms with van der Waals surface area (Å²) in [4.78, 5) is 17.8. The molecule has 1 saturated heterocycles. The summed E-state index contributed by atoms with van der Waals surface area (Å²) >= 11 is 1.32. The molecule has 3 rings (SSSR count). The molecule has 0 spiro atoms. The average molecular weight is 412 g/mol. The summed E-state index contributed by atoms with van der Waals surface area (Å²) in [6.07, 6.45) is 4.16. The Morgan fingerprint density at radius 1 is 1.33 bits per heavy atom. The van der Waals surface area contributed by atoms with E-state index in [9.17, 15) is 17.6 Å². The van der Waals surface area contributed by atoms with Gasteiger partial charge in [0.2, 0.25) is 15.9 Å². The van der Waals surface area contributed by atoms with Crippen molar-refractivity contribution in [2.75, 3.05) is 24.7 Å². The van der Waals surface area contributed by atoms with Gasteiger partial charge < -0.3 is 5.32 Å². The first-order valence-electron chi connectivity index (χ1n) is 8.62. The molecule has 1 N–H and O–H groups in total. The van der Waals surface area contributed by atoms with Gasteiger partial charge in [-0.2, -0.15) is 0 Å². The summed E-state index contributed by atoms with van der Waals surface area (Å²) in [5, 5.41) is 3.30. The molecule has 0 atom stereocenters. The van der Waals surface area contributed by atoms with Crippen LogP contribution in [-0.4, -0.2) is 43.0 Å². The first-order chi connectivity index (χ1) is 12.7. The number of sulfonamides is 1. The minimum atomic E-state index is -3.23. The van der Waals surface area contributed by atoms with Crippen LogP contribution in [0.2, 0.25) is 0 Å². The SMILES string of the molecule is CC1(C(=O)Nc2ncc(Cc3ccccc3F)s2)CCN(S(C)(=O)=O)CC1. The van der Waals surface area contributed by atoms with Gasteiger partial charge in [-0.05, 0) is 24.5 Å². The number of halogens is 1. The molecule has 6 nitrogen and oxygen atoms in total. The van der Waals surface area contributed by atoms with E-state index < -0.39 is 15.4 Å². The summed E-state index contributed by atoms with van der Waals surface area (Å²) in [5.41, 5.74) is -0.0578. The first kappa shape index (κ1) is 19.9. The first-order valence-corrected chi connectivity index (χ1v) is 11.3. The maximum absolute atomic E-state index is 13.8. The predicted octanol–water partition coefficient (Wildman–Crippen LogP) is 2.87. The van der Waals surface area contributed by atoms with Gasteiger partial charge in [0.1, 0.15) is 5.82 Å². The second-order valence-electron chi connectivity index (χ2n) is 7.08. The summed E-state index contributed by atoms with van der Waals surface area (Å²) in [7, 11) is -3.23. The maximum atomic E-state index is 13.8. The van der Waals surface area contributed by atoms with Gasteiger partial charge in [-0.1, -0.05) is 25.1 Å². The number of anilines is 1. The number of hydrogen-bond donors (Lipinski definition) is 1. The number of nitrogens with zero attached hydrogens (tertiary/aromatic N) is 2. The molecule has 0 saturated carbocycles. The Balaban J connectivity index is 1.62. The van der Waals surface area contributed by atoms with Gasteiger partial charge in [-0.3, -0.25) is 4.79 Å². The lowest BCUT2D eigenvalue weighted by Gasteiger charge is -2.36. The van der Waals surface area contributed by atoms with E-state index in [1.165, 1.54) is 28.0 Å². The molecule has 9 heteroatoms. The average Bonchev–Trinajstić information content (AvgIpc) is 3.03. The van der Waals surface area contributed by atoms with Crippen LogP contribution < -0.4 is 5.32 Å². The topological polar surface area (TPSA) is 79.4 Å². The second-order valence-corrected chi connectivity index (χ2v) is 10.2. The molecule has 0 radical (unpaired) electrons. The number of amides is 1. The van der Waals surface area contributed by atoms with Crippen LogP contribution in [0.4, 0.5) is 9.52 Å². The summed E-state index contributed by atoms with van der Waals surface area (Å²) in [6.45, 7) is 2.51. The fourth-order valence-electron chi connectivity index (χ4n) is 3.06. The molecule has 27 heavy (non-hydrogen) atoms. The molecule has 1 aromatic heterocycles. The van der Waals surface area contributed by atoms with Crippen LogP contribution in [0, 0.1) is 11.2 Å². The Hall–Kier alpha value is -1.84. The van der Waals surface area contributed by atoms with E-state index in [-0.39, 0.29) is 11.7 Å². The fraction of sp³-hybridized carbons (Fsp3) is 0.444. The van der Waals surface area contributed by atoms with Crippen LogP contribution >= 0.6 is 11.3 Å². The Morgan fingerprint density at radius 2 is 2.00 bits per heavy atom. The third kappa shape index (κ3) is 4.72. The molecule has 0 bridgehead atoms. The smallest absolute Gasteiger partial charge is 0.232 e. The molecule has 1 aliphatic rings. The highest BCUT2D eigenvalue weighted by Crippen LogP contribution is 2.34. The molecule has 1 aliphatic heterocycles. The third-order valence-corrected chi connectivity index (χ3v) is 7.16. The Kier molecular flexibility index (Phi) is 5.64. The van der Waals surface area contributed by atoms with Crippen molar-refractivity contribution in [3.8, 4) is 0 Å². The zero-order valence-electron chi connectivity index (χ0n) is 15.2. The number of aromatic nitrogens is 1. The van der Waals surface area contributed by atoms with Crippen molar-refractivity contribution in [3.05, 3.63) is 46.7 Å². The largest absolute Gasteiger partial charge is 0.301 e. The van der Waals surface area contributed by atoms with E-state index >= 15 is 0 Å². The van der Waals surface area contributed by atoms with Gasteiger partial charge in [-0.15, -0.1) is 11.3 Å². The van der Waals surface area contributed by atoms with Crippen LogP contribution in [-0.2, 0) is 21.2 Å². The molecule has 2 aromatic rings. The molecule has 1 fully saturated rings. The number of carbonyl (C=O) groups excluding carboxylic acids is 1. The highest BCUT2D eigenvalue weighted by Gasteiger charge is 2.39. The quantitative estimate of drug-likeness (QED) is 0.821. The van der Waals surface area contributed by atoms with E-state index in [0.29, 0.717) is 43.0 Å². The highest BCUT2D eigenvalue weighted by atomic mass is 32.2. The molecule has 0 aliphatic carbocycles. The Morgan fingerprint density at radius 3 is 2.63 bits per heavy atom. The zero-order valence-corrected chi connectivity index (χ0v) is 16.9. The van der Waals surface area contributed by atoms with E-state index in [0.717, 1.165) is 4.88 Å². The van der Waals surface area contributed by atoms with Crippen LogP contribution in [0.1, 0.15) is 30.2 Å². The molecule has 1 amide bonds. The van der Waals surface area contributed by atoms with Crippen LogP contribution in [0.3, 0.4) is 0 Å². The van der Waals surface area contributed by atoms with Crippen LogP contribution in [0.5, 0.6) is 0 Å². The minimum absolute atomic E-state index is 0.164. The Bertz CT molecular complexity index is 935. The minimum Gasteiger partial charge on any atom is -0.301 e. The number of rotatable bonds is 5. The van der Waals surface area contributed by atoms with Gasteiger partial charge in [0, 0.05) is 36.0 Å². The number of thiazole rings is 1. The summed E-state index contributed by atoms with van der Waals surface area (Å²) < 4.78 is 38.4. The molecule has 0 unspecified atom stereocenters. The van der Waals surface area contributed by atoms with Gasteiger partial charge in [-0.25, -0.2) is 22.1 Å². The number of benzene rings is 1. The van der Waals surface area contributed by atoms with E-state index in [1.807, 2.05) is 6.92 Å².